The van der Waals surface area contributed by atoms with E-state index in [9.17, 15) is 0 Å². The first kappa shape index (κ1) is 16.8. The number of nitrogens with one attached hydrogen (secondary N) is 1. The second kappa shape index (κ2) is 6.90. The molecule has 0 radical (unpaired) electrons. The molecular formula is C21H25N5. The summed E-state index contributed by atoms with van der Waals surface area (Å²) in [6, 6.07) is 16.8. The molecule has 1 aromatic heterocycles. The number of rotatable bonds is 4. The first-order valence-corrected chi connectivity index (χ1v) is 9.38. The third-order valence-corrected chi connectivity index (χ3v) is 5.37. The second-order valence-electron chi connectivity index (χ2n) is 7.34. The van der Waals surface area contributed by atoms with Crippen molar-refractivity contribution in [2.45, 2.75) is 51.5 Å². The van der Waals surface area contributed by atoms with E-state index < -0.39 is 0 Å². The topological polar surface area (TPSA) is 55.6 Å². The summed E-state index contributed by atoms with van der Waals surface area (Å²) in [5.74, 6) is 0.908. The molecule has 0 amide bonds. The zero-order chi connectivity index (χ0) is 18.0. The van der Waals surface area contributed by atoms with Crippen LogP contribution in [0.1, 0.15) is 49.1 Å². The Balaban J connectivity index is 1.79. The van der Waals surface area contributed by atoms with Gasteiger partial charge in [-0.25, -0.2) is 0 Å². The molecule has 4 rings (SSSR count). The van der Waals surface area contributed by atoms with Gasteiger partial charge in [0.15, 0.2) is 5.82 Å². The highest BCUT2D eigenvalue weighted by Crippen LogP contribution is 2.40. The molecule has 0 atom stereocenters. The number of hydrogen-bond donors (Lipinski definition) is 1. The van der Waals surface area contributed by atoms with Crippen LogP contribution in [-0.4, -0.2) is 20.2 Å². The number of benzene rings is 2. The summed E-state index contributed by atoms with van der Waals surface area (Å²) in [6.45, 7) is 4.23. The summed E-state index contributed by atoms with van der Waals surface area (Å²) in [5, 5.41) is 16.7. The predicted octanol–water partition coefficient (Wildman–Crippen LogP) is 4.55. The third kappa shape index (κ3) is 3.09. The number of para-hydroxylation sites is 1. The van der Waals surface area contributed by atoms with Crippen LogP contribution in [0.5, 0.6) is 0 Å². The molecule has 2 aromatic carbocycles. The molecule has 5 nitrogen and oxygen atoms in total. The molecule has 0 spiro atoms. The molecule has 1 heterocycles. The van der Waals surface area contributed by atoms with E-state index in [4.69, 9.17) is 0 Å². The molecule has 1 fully saturated rings. The Bertz CT molecular complexity index is 893. The van der Waals surface area contributed by atoms with Gasteiger partial charge >= 0.3 is 0 Å². The van der Waals surface area contributed by atoms with Crippen LogP contribution in [0, 0.1) is 13.8 Å². The highest BCUT2D eigenvalue weighted by molar-refractivity contribution is 5.53. The fourth-order valence-corrected chi connectivity index (χ4v) is 3.95. The lowest BCUT2D eigenvalue weighted by Gasteiger charge is -2.38. The van der Waals surface area contributed by atoms with Gasteiger partial charge in [-0.1, -0.05) is 49.6 Å². The molecule has 134 valence electrons. The van der Waals surface area contributed by atoms with Crippen molar-refractivity contribution in [3.05, 3.63) is 65.5 Å². The van der Waals surface area contributed by atoms with Crippen LogP contribution in [0.4, 0.5) is 5.69 Å². The van der Waals surface area contributed by atoms with Gasteiger partial charge in [-0.05, 0) is 66.4 Å². The summed E-state index contributed by atoms with van der Waals surface area (Å²) < 4.78 is 1.91. The third-order valence-electron chi connectivity index (χ3n) is 5.37. The molecule has 26 heavy (non-hydrogen) atoms. The van der Waals surface area contributed by atoms with Gasteiger partial charge in [-0.2, -0.15) is 4.68 Å². The minimum Gasteiger partial charge on any atom is -0.372 e. The molecule has 0 bridgehead atoms. The number of hydrogen-bond acceptors (Lipinski definition) is 4. The first-order valence-electron chi connectivity index (χ1n) is 9.38. The Morgan fingerprint density at radius 2 is 1.77 bits per heavy atom. The Kier molecular flexibility index (Phi) is 4.45. The van der Waals surface area contributed by atoms with Crippen LogP contribution in [-0.2, 0) is 5.54 Å². The fraction of sp³-hybridized carbons (Fsp3) is 0.381. The molecule has 5 heteroatoms. The Morgan fingerprint density at radius 1 is 0.962 bits per heavy atom. The minimum atomic E-state index is -0.238. The van der Waals surface area contributed by atoms with Crippen LogP contribution < -0.4 is 5.32 Å². The predicted molar refractivity (Wildman–Crippen MR) is 103 cm³/mol. The average Bonchev–Trinajstić information content (AvgIpc) is 3.15. The number of aryl methyl sites for hydroxylation is 2. The van der Waals surface area contributed by atoms with Crippen LogP contribution in [0.2, 0.25) is 0 Å². The standard InChI is InChI=1S/C21H25N5/c1-16-9-8-11-18(15-16)26-20(23-24-25-26)21(13-6-3-7-14-21)22-19-12-5-4-10-17(19)2/h4-5,8-12,15,22H,3,6-7,13-14H2,1-2H3. The summed E-state index contributed by atoms with van der Waals surface area (Å²) in [6.07, 6.45) is 5.70. The molecular weight excluding hydrogens is 322 g/mol. The van der Waals surface area contributed by atoms with E-state index >= 15 is 0 Å². The lowest BCUT2D eigenvalue weighted by atomic mass is 9.80. The van der Waals surface area contributed by atoms with Gasteiger partial charge in [0.1, 0.15) is 0 Å². The maximum absolute atomic E-state index is 4.48. The van der Waals surface area contributed by atoms with Crippen molar-refractivity contribution in [1.29, 1.82) is 0 Å². The molecule has 0 aliphatic heterocycles. The molecule has 1 aliphatic carbocycles. The normalized spacial score (nSPS) is 16.4. The monoisotopic (exact) mass is 347 g/mol. The van der Waals surface area contributed by atoms with Crippen molar-refractivity contribution in [3.8, 4) is 5.69 Å². The van der Waals surface area contributed by atoms with Gasteiger partial charge in [0, 0.05) is 5.69 Å². The van der Waals surface area contributed by atoms with Crippen LogP contribution >= 0.6 is 0 Å². The highest BCUT2D eigenvalue weighted by atomic mass is 15.6. The zero-order valence-electron chi connectivity index (χ0n) is 15.4. The molecule has 1 aliphatic rings. The van der Waals surface area contributed by atoms with E-state index in [1.165, 1.54) is 30.4 Å². The number of tetrazole rings is 1. The van der Waals surface area contributed by atoms with Gasteiger partial charge in [-0.3, -0.25) is 0 Å². The fourth-order valence-electron chi connectivity index (χ4n) is 3.95. The van der Waals surface area contributed by atoms with E-state index in [1.807, 2.05) is 4.68 Å². The van der Waals surface area contributed by atoms with Gasteiger partial charge in [0.2, 0.25) is 0 Å². The molecule has 1 saturated carbocycles. The molecule has 0 saturated heterocycles. The van der Waals surface area contributed by atoms with E-state index in [1.54, 1.807) is 0 Å². The van der Waals surface area contributed by atoms with Crippen molar-refractivity contribution < 1.29 is 0 Å². The van der Waals surface area contributed by atoms with Crippen LogP contribution in [0.3, 0.4) is 0 Å². The Morgan fingerprint density at radius 3 is 2.54 bits per heavy atom. The maximum Gasteiger partial charge on any atom is 0.181 e. The van der Waals surface area contributed by atoms with Crippen molar-refractivity contribution >= 4 is 5.69 Å². The van der Waals surface area contributed by atoms with Gasteiger partial charge in [-0.15, -0.1) is 5.10 Å². The molecule has 0 unspecified atom stereocenters. The van der Waals surface area contributed by atoms with Crippen LogP contribution in [0.15, 0.2) is 48.5 Å². The minimum absolute atomic E-state index is 0.238. The summed E-state index contributed by atoms with van der Waals surface area (Å²) in [4.78, 5) is 0. The lowest BCUT2D eigenvalue weighted by Crippen LogP contribution is -2.40. The van der Waals surface area contributed by atoms with E-state index in [0.29, 0.717) is 0 Å². The smallest absolute Gasteiger partial charge is 0.181 e. The Hall–Kier alpha value is -2.69. The van der Waals surface area contributed by atoms with Crippen LogP contribution in [0.25, 0.3) is 5.69 Å². The van der Waals surface area contributed by atoms with Gasteiger partial charge in [0.05, 0.1) is 11.2 Å². The summed E-state index contributed by atoms with van der Waals surface area (Å²) in [5.41, 5.74) is 4.38. The largest absolute Gasteiger partial charge is 0.372 e. The van der Waals surface area contributed by atoms with Gasteiger partial charge < -0.3 is 5.32 Å². The van der Waals surface area contributed by atoms with Crippen molar-refractivity contribution in [2.75, 3.05) is 5.32 Å². The summed E-state index contributed by atoms with van der Waals surface area (Å²) >= 11 is 0. The average molecular weight is 347 g/mol. The lowest BCUT2D eigenvalue weighted by molar-refractivity contribution is 0.309. The Labute approximate surface area is 154 Å². The van der Waals surface area contributed by atoms with Crippen molar-refractivity contribution in [1.82, 2.24) is 20.2 Å². The zero-order valence-corrected chi connectivity index (χ0v) is 15.4. The molecule has 1 N–H and O–H groups in total. The van der Waals surface area contributed by atoms with E-state index in [0.717, 1.165) is 30.0 Å². The van der Waals surface area contributed by atoms with Crippen molar-refractivity contribution in [2.24, 2.45) is 0 Å². The quantitative estimate of drug-likeness (QED) is 0.752. The molecule has 3 aromatic rings. The second-order valence-corrected chi connectivity index (χ2v) is 7.34. The number of anilines is 1. The SMILES string of the molecule is Cc1cccc(-n2nnnc2C2(Nc3ccccc3C)CCCCC2)c1. The van der Waals surface area contributed by atoms with Gasteiger partial charge in [0.25, 0.3) is 0 Å². The first-order chi connectivity index (χ1) is 12.7. The number of nitrogens with zero attached hydrogens (tertiary/aromatic N) is 4. The number of aromatic nitrogens is 4. The highest BCUT2D eigenvalue weighted by Gasteiger charge is 2.39. The maximum atomic E-state index is 4.48. The van der Waals surface area contributed by atoms with E-state index in [2.05, 4.69) is 83.2 Å². The van der Waals surface area contributed by atoms with Crippen molar-refractivity contribution in [3.63, 3.8) is 0 Å². The van der Waals surface area contributed by atoms with E-state index in [-0.39, 0.29) is 5.54 Å². The summed E-state index contributed by atoms with van der Waals surface area (Å²) in [7, 11) is 0.